The van der Waals surface area contributed by atoms with Gasteiger partial charge in [0.25, 0.3) is 0 Å². The molecule has 0 rings (SSSR count). The number of aliphatic carboxylic acids is 2. The zero-order valence-corrected chi connectivity index (χ0v) is 31.8. The zero-order chi connectivity index (χ0) is 28.4. The third-order valence-electron chi connectivity index (χ3n) is 7.49. The molecule has 0 amide bonds. The van der Waals surface area contributed by atoms with Crippen molar-refractivity contribution in [2.45, 2.75) is 206 Å². The Morgan fingerprint density at radius 2 is 0.500 bits per heavy atom. The van der Waals surface area contributed by atoms with Gasteiger partial charge in [-0.1, -0.05) is 181 Å². The molecule has 0 aromatic rings. The van der Waals surface area contributed by atoms with E-state index in [2.05, 4.69) is 13.8 Å². The van der Waals surface area contributed by atoms with Crippen molar-refractivity contribution >= 4 is 87.4 Å². The number of carbonyl (C=O) groups is 2. The number of hydrogen-bond donors (Lipinski definition) is 2. The summed E-state index contributed by atoms with van der Waals surface area (Å²) in [6.45, 7) is 4.53. The van der Waals surface area contributed by atoms with E-state index in [1.807, 2.05) is 0 Å². The summed E-state index contributed by atoms with van der Waals surface area (Å²) in [5.74, 6) is -1.31. The molecule has 4 nitrogen and oxygen atoms in total. The van der Waals surface area contributed by atoms with E-state index in [0.717, 1.165) is 25.7 Å². The molecule has 0 heterocycles. The van der Waals surface area contributed by atoms with Crippen molar-refractivity contribution in [3.8, 4) is 0 Å². The molecule has 0 aliphatic heterocycles. The minimum absolute atomic E-state index is 0. The molecule has 0 saturated heterocycles. The number of hydrogen-bond acceptors (Lipinski definition) is 2. The van der Waals surface area contributed by atoms with Gasteiger partial charge in [-0.05, 0) is 12.8 Å². The van der Waals surface area contributed by atoms with Crippen LogP contribution in [0.2, 0.25) is 0 Å². The summed E-state index contributed by atoms with van der Waals surface area (Å²) in [5, 5.41) is 17.0. The van der Waals surface area contributed by atoms with Crippen LogP contribution < -0.4 is 0 Å². The Morgan fingerprint density at radius 3 is 0.650 bits per heavy atom. The Balaban J connectivity index is -0.0000000867. The second kappa shape index (κ2) is 44.9. The van der Waals surface area contributed by atoms with E-state index in [0.29, 0.717) is 12.8 Å². The van der Waals surface area contributed by atoms with Gasteiger partial charge >= 0.3 is 87.4 Å². The molecule has 0 unspecified atom stereocenters. The molecular formula is C34H72Ca2O4. The molecule has 6 heteroatoms. The third kappa shape index (κ3) is 52.1. The molecule has 0 aromatic carbocycles. The average Bonchev–Trinajstić information content (AvgIpc) is 2.89. The number of carboxylic acids is 2. The van der Waals surface area contributed by atoms with E-state index in [-0.39, 0.29) is 81.2 Å². The zero-order valence-electron chi connectivity index (χ0n) is 31.3. The minimum atomic E-state index is -0.655. The van der Waals surface area contributed by atoms with Crippen molar-refractivity contribution < 1.29 is 25.5 Å². The van der Waals surface area contributed by atoms with Crippen molar-refractivity contribution in [1.82, 2.24) is 0 Å². The predicted molar refractivity (Wildman–Crippen MR) is 181 cm³/mol. The van der Waals surface area contributed by atoms with Crippen molar-refractivity contribution in [3.05, 3.63) is 0 Å². The van der Waals surface area contributed by atoms with Gasteiger partial charge in [-0.15, -0.1) is 0 Å². The maximum absolute atomic E-state index is 10.3. The van der Waals surface area contributed by atoms with E-state index in [4.69, 9.17) is 10.2 Å². The van der Waals surface area contributed by atoms with Crippen LogP contribution in [-0.4, -0.2) is 97.6 Å². The first-order valence-electron chi connectivity index (χ1n) is 17.0. The van der Waals surface area contributed by atoms with Gasteiger partial charge in [0.2, 0.25) is 0 Å². The first kappa shape index (κ1) is 48.4. The Bertz CT molecular complexity index is 494. The molecule has 0 aliphatic carbocycles. The molecule has 0 spiro atoms. The first-order valence-corrected chi connectivity index (χ1v) is 17.0. The fraction of sp³-hybridized carbons (Fsp3) is 0.941. The van der Waals surface area contributed by atoms with Crippen LogP contribution in [0, 0.1) is 0 Å². The predicted octanol–water partition coefficient (Wildman–Crippen LogP) is 11.6. The molecule has 0 fully saturated rings. The van der Waals surface area contributed by atoms with Crippen LogP contribution in [0.15, 0.2) is 0 Å². The minimum Gasteiger partial charge on any atom is -1.00 e. The van der Waals surface area contributed by atoms with Gasteiger partial charge in [0.15, 0.2) is 0 Å². The quantitative estimate of drug-likeness (QED) is 0.0616. The second-order valence-electron chi connectivity index (χ2n) is 11.5. The van der Waals surface area contributed by atoms with Crippen LogP contribution in [-0.2, 0) is 9.59 Å². The molecule has 0 saturated carbocycles. The van der Waals surface area contributed by atoms with Crippen molar-refractivity contribution in [3.63, 3.8) is 0 Å². The molecule has 2 N–H and O–H groups in total. The number of rotatable bonds is 30. The van der Waals surface area contributed by atoms with E-state index >= 15 is 0 Å². The third-order valence-corrected chi connectivity index (χ3v) is 7.49. The summed E-state index contributed by atoms with van der Waals surface area (Å²) in [4.78, 5) is 20.6. The largest absolute Gasteiger partial charge is 2.00 e. The Labute approximate surface area is 316 Å². The average molecular weight is 625 g/mol. The Hall–Kier alpha value is 1.46. The van der Waals surface area contributed by atoms with Gasteiger partial charge in [-0.3, -0.25) is 9.59 Å². The summed E-state index contributed by atoms with van der Waals surface area (Å²) in [5.41, 5.74) is 0. The van der Waals surface area contributed by atoms with Gasteiger partial charge < -0.3 is 15.9 Å². The SMILES string of the molecule is CCCCCCCCCCCCCCCC(=O)O.CCCCCCCCCCCCCCCCCC(=O)O.[Ca+2].[Ca+2].[H-].[H-].[H-].[H-]. The summed E-state index contributed by atoms with van der Waals surface area (Å²) < 4.78 is 0. The molecule has 0 aromatic heterocycles. The summed E-state index contributed by atoms with van der Waals surface area (Å²) in [6.07, 6.45) is 37.5. The molecule has 40 heavy (non-hydrogen) atoms. The summed E-state index contributed by atoms with van der Waals surface area (Å²) in [6, 6.07) is 0. The van der Waals surface area contributed by atoms with Crippen LogP contribution in [0.5, 0.6) is 0 Å². The first-order chi connectivity index (χ1) is 18.5. The molecule has 0 aliphatic rings. The Morgan fingerprint density at radius 1 is 0.350 bits per heavy atom. The van der Waals surface area contributed by atoms with E-state index < -0.39 is 11.9 Å². The van der Waals surface area contributed by atoms with Gasteiger partial charge in [-0.2, -0.15) is 0 Å². The van der Waals surface area contributed by atoms with Crippen molar-refractivity contribution in [1.29, 1.82) is 0 Å². The van der Waals surface area contributed by atoms with E-state index in [1.54, 1.807) is 0 Å². The number of unbranched alkanes of at least 4 members (excludes halogenated alkanes) is 26. The normalized spacial score (nSPS) is 10.2. The fourth-order valence-electron chi connectivity index (χ4n) is 4.94. The summed E-state index contributed by atoms with van der Waals surface area (Å²) >= 11 is 0. The van der Waals surface area contributed by atoms with E-state index in [9.17, 15) is 9.59 Å². The monoisotopic (exact) mass is 624 g/mol. The van der Waals surface area contributed by atoms with Crippen molar-refractivity contribution in [2.75, 3.05) is 0 Å². The molecule has 0 atom stereocenters. The summed E-state index contributed by atoms with van der Waals surface area (Å²) in [7, 11) is 0. The molecule has 0 bridgehead atoms. The smallest absolute Gasteiger partial charge is 1.00 e. The van der Waals surface area contributed by atoms with Crippen LogP contribution in [0.4, 0.5) is 0 Å². The van der Waals surface area contributed by atoms with Crippen LogP contribution >= 0.6 is 0 Å². The maximum atomic E-state index is 10.3. The Kier molecular flexibility index (Phi) is 54.3. The topological polar surface area (TPSA) is 74.6 Å². The molecule has 236 valence electrons. The maximum Gasteiger partial charge on any atom is 2.00 e. The van der Waals surface area contributed by atoms with Crippen molar-refractivity contribution in [2.24, 2.45) is 0 Å². The van der Waals surface area contributed by atoms with Crippen LogP contribution in [0.1, 0.15) is 212 Å². The van der Waals surface area contributed by atoms with E-state index in [1.165, 1.54) is 154 Å². The fourth-order valence-corrected chi connectivity index (χ4v) is 4.94. The van der Waals surface area contributed by atoms with Crippen LogP contribution in [0.3, 0.4) is 0 Å². The molecular weight excluding hydrogens is 553 g/mol. The van der Waals surface area contributed by atoms with Gasteiger partial charge in [0, 0.05) is 12.8 Å². The van der Waals surface area contributed by atoms with Gasteiger partial charge in [0.1, 0.15) is 0 Å². The standard InChI is InChI=1S/C18H36O2.C16H32O2.2Ca.4H/c1-2-3-4-5-6-7-8-9-10-11-12-13-14-15-16-17-18(19)20;1-2-3-4-5-6-7-8-9-10-11-12-13-14-15-16(17)18;;;;;;/h2-17H2,1H3,(H,19,20);2-15H2,1H3,(H,17,18);;;;;;/q;;2*+2;4*-1. The second-order valence-corrected chi connectivity index (χ2v) is 11.5. The van der Waals surface area contributed by atoms with Crippen LogP contribution in [0.25, 0.3) is 0 Å². The number of carboxylic acid groups (broad SMARTS) is 2. The van der Waals surface area contributed by atoms with Gasteiger partial charge in [-0.25, -0.2) is 0 Å². The van der Waals surface area contributed by atoms with Gasteiger partial charge in [0.05, 0.1) is 0 Å². The molecule has 0 radical (unpaired) electrons.